The second-order valence-corrected chi connectivity index (χ2v) is 5.46. The van der Waals surface area contributed by atoms with Gasteiger partial charge >= 0.3 is 0 Å². The van der Waals surface area contributed by atoms with Gasteiger partial charge in [0.05, 0.1) is 12.2 Å². The number of rotatable bonds is 6. The first-order valence-electron chi connectivity index (χ1n) is 6.70. The van der Waals surface area contributed by atoms with Crippen LogP contribution in [0.5, 0.6) is 0 Å². The van der Waals surface area contributed by atoms with Gasteiger partial charge in [0.15, 0.2) is 0 Å². The summed E-state index contributed by atoms with van der Waals surface area (Å²) >= 11 is 1.12. The molecule has 2 aromatic heterocycles. The molecule has 0 saturated carbocycles. The molecule has 21 heavy (non-hydrogen) atoms. The lowest BCUT2D eigenvalue weighted by Crippen LogP contribution is -2.24. The summed E-state index contributed by atoms with van der Waals surface area (Å²) in [5.41, 5.74) is 0.753. The molecular formula is C13H18N6OS. The third-order valence-corrected chi connectivity index (χ3v) is 3.57. The highest BCUT2D eigenvalue weighted by Gasteiger charge is 2.15. The second-order valence-electron chi connectivity index (χ2n) is 4.71. The molecule has 0 aliphatic heterocycles. The molecule has 1 amide bonds. The number of hydrogen-bond donors (Lipinski definition) is 1. The number of nitrogens with zero attached hydrogens (tertiary/aromatic N) is 5. The first-order valence-corrected chi connectivity index (χ1v) is 7.47. The minimum absolute atomic E-state index is 0.174. The number of amides is 1. The number of aromatic nitrogens is 4. The first kappa shape index (κ1) is 15.3. The predicted molar refractivity (Wildman–Crippen MR) is 81.4 cm³/mol. The van der Waals surface area contributed by atoms with Crippen LogP contribution in [0, 0.1) is 0 Å². The van der Waals surface area contributed by atoms with Crippen molar-refractivity contribution in [2.75, 3.05) is 19.0 Å². The quantitative estimate of drug-likeness (QED) is 0.865. The summed E-state index contributed by atoms with van der Waals surface area (Å²) < 4.78 is 3.85. The highest BCUT2D eigenvalue weighted by Crippen LogP contribution is 2.12. The summed E-state index contributed by atoms with van der Waals surface area (Å²) in [6.45, 7) is 2.32. The topological polar surface area (TPSA) is 83.9 Å². The number of carbonyl (C=O) groups is 1. The highest BCUT2D eigenvalue weighted by molar-refractivity contribution is 7.08. The van der Waals surface area contributed by atoms with Crippen LogP contribution in [0.15, 0.2) is 12.3 Å². The molecule has 0 aliphatic rings. The normalized spacial score (nSPS) is 10.4. The van der Waals surface area contributed by atoms with Gasteiger partial charge in [-0.2, -0.15) is 0 Å². The molecule has 2 rings (SSSR count). The monoisotopic (exact) mass is 306 g/mol. The molecule has 0 unspecified atom stereocenters. The molecule has 2 aromatic rings. The summed E-state index contributed by atoms with van der Waals surface area (Å²) in [6, 6.07) is 1.82. The zero-order valence-corrected chi connectivity index (χ0v) is 13.1. The molecule has 0 saturated heterocycles. The van der Waals surface area contributed by atoms with E-state index in [1.54, 1.807) is 6.20 Å². The van der Waals surface area contributed by atoms with Gasteiger partial charge in [0.1, 0.15) is 16.5 Å². The lowest BCUT2D eigenvalue weighted by atomic mass is 10.2. The van der Waals surface area contributed by atoms with Gasteiger partial charge < -0.3 is 10.2 Å². The number of nitrogens with one attached hydrogen (secondary N) is 1. The van der Waals surface area contributed by atoms with Crippen molar-refractivity contribution >= 4 is 23.3 Å². The van der Waals surface area contributed by atoms with Crippen LogP contribution in [0.3, 0.4) is 0 Å². The van der Waals surface area contributed by atoms with E-state index in [0.29, 0.717) is 10.7 Å². The molecule has 8 heteroatoms. The minimum Gasteiger partial charge on any atom is -0.363 e. The molecule has 0 atom stereocenters. The molecule has 0 fully saturated rings. The maximum Gasteiger partial charge on any atom is 0.265 e. The Morgan fingerprint density at radius 3 is 2.95 bits per heavy atom. The molecular weight excluding hydrogens is 288 g/mol. The van der Waals surface area contributed by atoms with Crippen LogP contribution in [-0.4, -0.2) is 39.6 Å². The van der Waals surface area contributed by atoms with Crippen molar-refractivity contribution in [1.29, 1.82) is 0 Å². The molecule has 112 valence electrons. The number of aryl methyl sites for hydroxylation is 1. The molecule has 1 N–H and O–H groups in total. The van der Waals surface area contributed by atoms with Crippen LogP contribution in [0.4, 0.5) is 5.82 Å². The third kappa shape index (κ3) is 3.94. The SMILES string of the molecule is CCCc1nnsc1C(=O)NCc1nccc(N(C)C)n1. The largest absolute Gasteiger partial charge is 0.363 e. The zero-order valence-electron chi connectivity index (χ0n) is 12.3. The second kappa shape index (κ2) is 7.07. The van der Waals surface area contributed by atoms with E-state index in [0.717, 1.165) is 35.9 Å². The van der Waals surface area contributed by atoms with Crippen LogP contribution < -0.4 is 10.2 Å². The minimum atomic E-state index is -0.174. The summed E-state index contributed by atoms with van der Waals surface area (Å²) in [5.74, 6) is 1.21. The molecule has 0 aromatic carbocycles. The lowest BCUT2D eigenvalue weighted by molar-refractivity contribution is 0.0953. The van der Waals surface area contributed by atoms with Gasteiger partial charge in [-0.05, 0) is 24.0 Å². The lowest BCUT2D eigenvalue weighted by Gasteiger charge is -2.11. The Hall–Kier alpha value is -2.09. The van der Waals surface area contributed by atoms with E-state index in [4.69, 9.17) is 0 Å². The van der Waals surface area contributed by atoms with Gasteiger partial charge in [-0.1, -0.05) is 17.8 Å². The first-order chi connectivity index (χ1) is 10.1. The van der Waals surface area contributed by atoms with E-state index < -0.39 is 0 Å². The summed E-state index contributed by atoms with van der Waals surface area (Å²) in [6.07, 6.45) is 3.37. The Labute approximate surface area is 127 Å². The predicted octanol–water partition coefficient (Wildman–Crippen LogP) is 1.28. The number of hydrogen-bond acceptors (Lipinski definition) is 7. The average molecular weight is 306 g/mol. The molecule has 7 nitrogen and oxygen atoms in total. The fraction of sp³-hybridized carbons (Fsp3) is 0.462. The van der Waals surface area contributed by atoms with E-state index in [9.17, 15) is 4.79 Å². The Bertz CT molecular complexity index is 612. The molecule has 0 bridgehead atoms. The van der Waals surface area contributed by atoms with Crippen molar-refractivity contribution in [2.45, 2.75) is 26.3 Å². The van der Waals surface area contributed by atoms with Crippen molar-refractivity contribution in [3.63, 3.8) is 0 Å². The van der Waals surface area contributed by atoms with Gasteiger partial charge in [0, 0.05) is 20.3 Å². The maximum atomic E-state index is 12.1. The van der Waals surface area contributed by atoms with E-state index in [1.165, 1.54) is 0 Å². The molecule has 2 heterocycles. The van der Waals surface area contributed by atoms with Gasteiger partial charge in [0.2, 0.25) is 0 Å². The van der Waals surface area contributed by atoms with Gasteiger partial charge in [-0.25, -0.2) is 9.97 Å². The highest BCUT2D eigenvalue weighted by atomic mass is 32.1. The van der Waals surface area contributed by atoms with Crippen LogP contribution in [-0.2, 0) is 13.0 Å². The number of carbonyl (C=O) groups excluding carboxylic acids is 1. The Morgan fingerprint density at radius 1 is 1.43 bits per heavy atom. The fourth-order valence-corrected chi connectivity index (χ4v) is 2.37. The van der Waals surface area contributed by atoms with Crippen molar-refractivity contribution < 1.29 is 4.79 Å². The smallest absolute Gasteiger partial charge is 0.265 e. The van der Waals surface area contributed by atoms with Crippen LogP contribution in [0.1, 0.15) is 34.5 Å². The van der Waals surface area contributed by atoms with E-state index in [-0.39, 0.29) is 12.5 Å². The molecule has 0 spiro atoms. The van der Waals surface area contributed by atoms with Gasteiger partial charge in [-0.15, -0.1) is 5.10 Å². The summed E-state index contributed by atoms with van der Waals surface area (Å²) in [4.78, 5) is 23.1. The van der Waals surface area contributed by atoms with Crippen LogP contribution >= 0.6 is 11.5 Å². The van der Waals surface area contributed by atoms with Crippen molar-refractivity contribution in [1.82, 2.24) is 24.9 Å². The average Bonchev–Trinajstić information content (AvgIpc) is 2.94. The van der Waals surface area contributed by atoms with E-state index in [1.807, 2.05) is 32.0 Å². The summed E-state index contributed by atoms with van der Waals surface area (Å²) in [7, 11) is 3.81. The fourth-order valence-electron chi connectivity index (χ4n) is 1.74. The zero-order chi connectivity index (χ0) is 15.2. The molecule has 0 radical (unpaired) electrons. The Kier molecular flexibility index (Phi) is 5.15. The summed E-state index contributed by atoms with van der Waals surface area (Å²) in [5, 5.41) is 6.80. The molecule has 0 aliphatic carbocycles. The Morgan fingerprint density at radius 2 is 2.24 bits per heavy atom. The number of anilines is 1. The van der Waals surface area contributed by atoms with Gasteiger partial charge in [-0.3, -0.25) is 4.79 Å². The standard InChI is InChI=1S/C13H18N6OS/c1-4-5-9-12(21-18-17-9)13(20)15-8-10-14-7-6-11(16-10)19(2)3/h6-7H,4-5,8H2,1-3H3,(H,15,20). The third-order valence-electron chi connectivity index (χ3n) is 2.80. The maximum absolute atomic E-state index is 12.1. The van der Waals surface area contributed by atoms with Crippen molar-refractivity contribution in [3.05, 3.63) is 28.7 Å². The van der Waals surface area contributed by atoms with Crippen molar-refractivity contribution in [3.8, 4) is 0 Å². The van der Waals surface area contributed by atoms with E-state index in [2.05, 4.69) is 24.9 Å². The van der Waals surface area contributed by atoms with Crippen molar-refractivity contribution in [2.24, 2.45) is 0 Å². The van der Waals surface area contributed by atoms with Crippen LogP contribution in [0.2, 0.25) is 0 Å². The van der Waals surface area contributed by atoms with Crippen LogP contribution in [0.25, 0.3) is 0 Å². The Balaban J connectivity index is 2.00. The van der Waals surface area contributed by atoms with Gasteiger partial charge in [0.25, 0.3) is 5.91 Å². The van der Waals surface area contributed by atoms with E-state index >= 15 is 0 Å².